The Kier molecular flexibility index (Phi) is 5.26. The molecule has 1 aromatic carbocycles. The van der Waals surface area contributed by atoms with Gasteiger partial charge in [-0.25, -0.2) is 0 Å². The first-order chi connectivity index (χ1) is 9.08. The van der Waals surface area contributed by atoms with Gasteiger partial charge in [-0.2, -0.15) is 0 Å². The van der Waals surface area contributed by atoms with E-state index >= 15 is 0 Å². The number of benzene rings is 1. The van der Waals surface area contributed by atoms with Gasteiger partial charge in [-0.3, -0.25) is 4.90 Å². The summed E-state index contributed by atoms with van der Waals surface area (Å²) in [6, 6.07) is 7.05. The van der Waals surface area contributed by atoms with Gasteiger partial charge in [0.25, 0.3) is 0 Å². The van der Waals surface area contributed by atoms with Crippen LogP contribution in [0.2, 0.25) is 5.02 Å². The van der Waals surface area contributed by atoms with Crippen molar-refractivity contribution in [3.63, 3.8) is 0 Å². The van der Waals surface area contributed by atoms with E-state index in [1.807, 2.05) is 0 Å². The van der Waals surface area contributed by atoms with Crippen LogP contribution in [0.3, 0.4) is 0 Å². The van der Waals surface area contributed by atoms with Crippen LogP contribution < -0.4 is 5.32 Å². The second-order valence-electron chi connectivity index (χ2n) is 5.94. The normalized spacial score (nSPS) is 18.8. The van der Waals surface area contributed by atoms with E-state index in [1.165, 1.54) is 12.0 Å². The van der Waals surface area contributed by atoms with E-state index in [2.05, 4.69) is 49.2 Å². The molecule has 0 spiro atoms. The van der Waals surface area contributed by atoms with Gasteiger partial charge in [0, 0.05) is 37.2 Å². The Morgan fingerprint density at radius 1 is 1.26 bits per heavy atom. The molecule has 1 atom stereocenters. The summed E-state index contributed by atoms with van der Waals surface area (Å²) in [7, 11) is 0. The Morgan fingerprint density at radius 2 is 1.95 bits per heavy atom. The average Bonchev–Trinajstić information content (AvgIpc) is 2.40. The van der Waals surface area contributed by atoms with E-state index in [4.69, 9.17) is 11.6 Å². The molecule has 2 nitrogen and oxygen atoms in total. The van der Waals surface area contributed by atoms with Gasteiger partial charge < -0.3 is 5.32 Å². The monoisotopic (exact) mass is 280 g/mol. The summed E-state index contributed by atoms with van der Waals surface area (Å²) in [4.78, 5) is 2.59. The third-order valence-corrected chi connectivity index (χ3v) is 4.27. The molecule has 0 saturated carbocycles. The quantitative estimate of drug-likeness (QED) is 0.906. The average molecular weight is 281 g/mol. The predicted octanol–water partition coefficient (Wildman–Crippen LogP) is 3.64. The van der Waals surface area contributed by atoms with Gasteiger partial charge >= 0.3 is 0 Å². The third kappa shape index (κ3) is 3.95. The van der Waals surface area contributed by atoms with E-state index in [0.29, 0.717) is 12.0 Å². The van der Waals surface area contributed by atoms with Crippen LogP contribution in [0, 0.1) is 12.8 Å². The van der Waals surface area contributed by atoms with E-state index in [9.17, 15) is 0 Å². The van der Waals surface area contributed by atoms with Crippen LogP contribution in [-0.4, -0.2) is 31.1 Å². The first-order valence-electron chi connectivity index (χ1n) is 7.28. The van der Waals surface area contributed by atoms with Gasteiger partial charge in [-0.15, -0.1) is 0 Å². The molecule has 1 fully saturated rings. The molecule has 106 valence electrons. The van der Waals surface area contributed by atoms with E-state index in [0.717, 1.165) is 36.8 Å². The van der Waals surface area contributed by atoms with Crippen molar-refractivity contribution in [1.82, 2.24) is 10.2 Å². The summed E-state index contributed by atoms with van der Waals surface area (Å²) in [5, 5.41) is 4.32. The highest BCUT2D eigenvalue weighted by Gasteiger charge is 2.23. The van der Waals surface area contributed by atoms with Gasteiger partial charge in [0.2, 0.25) is 0 Å². The lowest BCUT2D eigenvalue weighted by Crippen LogP contribution is -2.45. The molecule has 0 radical (unpaired) electrons. The maximum atomic E-state index is 6.30. The van der Waals surface area contributed by atoms with Gasteiger partial charge in [-0.1, -0.05) is 37.6 Å². The molecule has 0 aromatic heterocycles. The number of hydrogen-bond donors (Lipinski definition) is 1. The Bertz CT molecular complexity index is 411. The highest BCUT2D eigenvalue weighted by atomic mass is 35.5. The van der Waals surface area contributed by atoms with Crippen LogP contribution in [-0.2, 0) is 0 Å². The zero-order valence-electron chi connectivity index (χ0n) is 12.2. The van der Waals surface area contributed by atoms with Crippen LogP contribution in [0.25, 0.3) is 0 Å². The summed E-state index contributed by atoms with van der Waals surface area (Å²) in [5.41, 5.74) is 2.53. The van der Waals surface area contributed by atoms with Crippen LogP contribution >= 0.6 is 11.6 Å². The number of aryl methyl sites for hydroxylation is 1. The molecule has 19 heavy (non-hydrogen) atoms. The molecular formula is C16H25ClN2. The van der Waals surface area contributed by atoms with E-state index in [-0.39, 0.29) is 0 Å². The minimum Gasteiger partial charge on any atom is -0.314 e. The topological polar surface area (TPSA) is 15.3 Å². The summed E-state index contributed by atoms with van der Waals surface area (Å²) in [5.74, 6) is 0.694. The summed E-state index contributed by atoms with van der Waals surface area (Å²) < 4.78 is 0. The highest BCUT2D eigenvalue weighted by Crippen LogP contribution is 2.30. The fourth-order valence-corrected chi connectivity index (χ4v) is 2.94. The number of halogens is 1. The molecule has 1 saturated heterocycles. The molecule has 0 bridgehead atoms. The lowest BCUT2D eigenvalue weighted by molar-refractivity contribution is 0.154. The third-order valence-electron chi connectivity index (χ3n) is 3.87. The van der Waals surface area contributed by atoms with Crippen molar-refractivity contribution in [2.45, 2.75) is 33.2 Å². The highest BCUT2D eigenvalue weighted by molar-refractivity contribution is 6.31. The predicted molar refractivity (Wildman–Crippen MR) is 82.8 cm³/mol. The Labute approximate surface area is 122 Å². The smallest absolute Gasteiger partial charge is 0.0438 e. The zero-order chi connectivity index (χ0) is 13.8. The number of nitrogens with one attached hydrogen (secondary N) is 1. The molecule has 1 aliphatic rings. The van der Waals surface area contributed by atoms with Crippen molar-refractivity contribution in [1.29, 1.82) is 0 Å². The molecule has 0 aliphatic carbocycles. The van der Waals surface area contributed by atoms with Gasteiger partial charge in [0.1, 0.15) is 0 Å². The molecule has 3 heteroatoms. The number of hydrogen-bond acceptors (Lipinski definition) is 2. The molecule has 2 rings (SSSR count). The van der Waals surface area contributed by atoms with E-state index < -0.39 is 0 Å². The van der Waals surface area contributed by atoms with Crippen molar-refractivity contribution >= 4 is 11.6 Å². The number of nitrogens with zero attached hydrogens (tertiary/aromatic N) is 1. The largest absolute Gasteiger partial charge is 0.314 e. The summed E-state index contributed by atoms with van der Waals surface area (Å²) in [6.45, 7) is 11.1. The molecule has 0 unspecified atom stereocenters. The minimum absolute atomic E-state index is 0.500. The fraction of sp³-hybridized carbons (Fsp3) is 0.625. The van der Waals surface area contributed by atoms with Crippen molar-refractivity contribution in [3.05, 3.63) is 34.3 Å². The van der Waals surface area contributed by atoms with Crippen LogP contribution in [0.15, 0.2) is 18.2 Å². The fourth-order valence-electron chi connectivity index (χ4n) is 2.75. The van der Waals surface area contributed by atoms with Crippen molar-refractivity contribution in [2.75, 3.05) is 26.2 Å². The molecular weight excluding hydrogens is 256 g/mol. The second kappa shape index (κ2) is 6.74. The van der Waals surface area contributed by atoms with Crippen LogP contribution in [0.4, 0.5) is 0 Å². The Hall–Kier alpha value is -0.570. The zero-order valence-corrected chi connectivity index (χ0v) is 13.0. The van der Waals surface area contributed by atoms with Crippen molar-refractivity contribution in [2.24, 2.45) is 5.92 Å². The Morgan fingerprint density at radius 3 is 2.53 bits per heavy atom. The van der Waals surface area contributed by atoms with Crippen molar-refractivity contribution in [3.8, 4) is 0 Å². The first-order valence-corrected chi connectivity index (χ1v) is 7.66. The van der Waals surface area contributed by atoms with Crippen molar-refractivity contribution < 1.29 is 0 Å². The van der Waals surface area contributed by atoms with Gasteiger partial charge in [0.05, 0.1) is 0 Å². The molecule has 0 amide bonds. The summed E-state index contributed by atoms with van der Waals surface area (Å²) in [6.07, 6.45) is 1.19. The lowest BCUT2D eigenvalue weighted by Gasteiger charge is -2.36. The molecule has 1 N–H and O–H groups in total. The molecule has 1 aliphatic heterocycles. The minimum atomic E-state index is 0.500. The second-order valence-corrected chi connectivity index (χ2v) is 6.35. The maximum Gasteiger partial charge on any atom is 0.0438 e. The molecule has 1 heterocycles. The standard InChI is InChI=1S/C16H25ClN2/c1-12(2)10-16(19-8-6-18-7-9-19)14-5-4-13(3)15(17)11-14/h4-5,11-12,16,18H,6-10H2,1-3H3/t16-/m1/s1. The van der Waals surface area contributed by atoms with Crippen LogP contribution in [0.5, 0.6) is 0 Å². The van der Waals surface area contributed by atoms with Gasteiger partial charge in [0.15, 0.2) is 0 Å². The lowest BCUT2D eigenvalue weighted by atomic mass is 9.94. The van der Waals surface area contributed by atoms with E-state index in [1.54, 1.807) is 0 Å². The van der Waals surface area contributed by atoms with Gasteiger partial charge in [-0.05, 0) is 36.5 Å². The number of piperazine rings is 1. The first kappa shape index (κ1) is 14.8. The Balaban J connectivity index is 2.22. The molecule has 1 aromatic rings. The van der Waals surface area contributed by atoms with Crippen LogP contribution in [0.1, 0.15) is 37.4 Å². The summed E-state index contributed by atoms with van der Waals surface area (Å²) >= 11 is 6.30. The number of rotatable bonds is 4. The maximum absolute atomic E-state index is 6.30. The SMILES string of the molecule is Cc1ccc([C@@H](CC(C)C)N2CCNCC2)cc1Cl.